The van der Waals surface area contributed by atoms with Crippen molar-refractivity contribution in [1.82, 2.24) is 9.80 Å². The summed E-state index contributed by atoms with van der Waals surface area (Å²) < 4.78 is 0. The minimum Gasteiger partial charge on any atom is -0.346 e. The van der Waals surface area contributed by atoms with Crippen molar-refractivity contribution in [1.29, 1.82) is 0 Å². The van der Waals surface area contributed by atoms with Crippen molar-refractivity contribution >= 4 is 5.91 Å². The molecule has 0 saturated heterocycles. The normalized spacial score (nSPS) is 13.6. The number of hydrogen-bond acceptors (Lipinski definition) is 3. The third-order valence-electron chi connectivity index (χ3n) is 3.97. The fourth-order valence-corrected chi connectivity index (χ4v) is 2.45. The second-order valence-corrected chi connectivity index (χ2v) is 7.15. The molecule has 2 N–H and O–H groups in total. The molecule has 0 aromatic heterocycles. The molecule has 20 heavy (non-hydrogen) atoms. The third kappa shape index (κ3) is 8.54. The maximum atomic E-state index is 12.1. The van der Waals surface area contributed by atoms with Gasteiger partial charge < -0.3 is 15.5 Å². The average molecular weight is 285 g/mol. The monoisotopic (exact) mass is 285 g/mol. The molecule has 0 aromatic rings. The van der Waals surface area contributed by atoms with Gasteiger partial charge in [-0.25, -0.2) is 0 Å². The molecule has 0 fully saturated rings. The third-order valence-corrected chi connectivity index (χ3v) is 3.97. The van der Waals surface area contributed by atoms with Crippen LogP contribution in [0.25, 0.3) is 0 Å². The summed E-state index contributed by atoms with van der Waals surface area (Å²) in [4.78, 5) is 16.2. The van der Waals surface area contributed by atoms with Gasteiger partial charge >= 0.3 is 0 Å². The van der Waals surface area contributed by atoms with Crippen LogP contribution in [0.2, 0.25) is 0 Å². The topological polar surface area (TPSA) is 49.6 Å². The van der Waals surface area contributed by atoms with Crippen LogP contribution in [0.3, 0.4) is 0 Å². The molecule has 1 amide bonds. The first-order valence-corrected chi connectivity index (χ1v) is 7.77. The average Bonchev–Trinajstić information content (AvgIpc) is 2.31. The Bertz CT molecular complexity index is 271. The first kappa shape index (κ1) is 19.4. The lowest BCUT2D eigenvalue weighted by atomic mass is 9.76. The van der Waals surface area contributed by atoms with Gasteiger partial charge in [0.2, 0.25) is 5.91 Å². The summed E-state index contributed by atoms with van der Waals surface area (Å²) in [5.74, 6) is 0.779. The molecule has 0 bridgehead atoms. The van der Waals surface area contributed by atoms with Crippen LogP contribution in [0.1, 0.15) is 46.5 Å². The Balaban J connectivity index is 4.11. The molecule has 0 aromatic carbocycles. The van der Waals surface area contributed by atoms with E-state index in [0.717, 1.165) is 32.4 Å². The van der Waals surface area contributed by atoms with Crippen LogP contribution in [-0.2, 0) is 4.79 Å². The van der Waals surface area contributed by atoms with Crippen LogP contribution in [0.4, 0.5) is 0 Å². The zero-order valence-corrected chi connectivity index (χ0v) is 14.4. The van der Waals surface area contributed by atoms with Crippen molar-refractivity contribution < 1.29 is 4.79 Å². The maximum absolute atomic E-state index is 12.1. The Kier molecular flexibility index (Phi) is 9.06. The molecule has 1 atom stereocenters. The molecule has 0 spiro atoms. The SMILES string of the molecule is CN(C)CCCN(C)C(=O)CCC(CCN)C(C)(C)C. The zero-order valence-electron chi connectivity index (χ0n) is 14.4. The Morgan fingerprint density at radius 3 is 2.15 bits per heavy atom. The second-order valence-electron chi connectivity index (χ2n) is 7.15. The van der Waals surface area contributed by atoms with E-state index in [9.17, 15) is 4.79 Å². The predicted molar refractivity (Wildman–Crippen MR) is 86.7 cm³/mol. The number of carbonyl (C=O) groups is 1. The number of rotatable bonds is 9. The van der Waals surface area contributed by atoms with E-state index in [1.165, 1.54) is 0 Å². The molecular formula is C16H35N3O. The van der Waals surface area contributed by atoms with Crippen molar-refractivity contribution in [2.45, 2.75) is 46.5 Å². The molecule has 4 heteroatoms. The van der Waals surface area contributed by atoms with Crippen molar-refractivity contribution in [3.8, 4) is 0 Å². The van der Waals surface area contributed by atoms with Gasteiger partial charge in [-0.3, -0.25) is 4.79 Å². The van der Waals surface area contributed by atoms with Crippen LogP contribution in [0.5, 0.6) is 0 Å². The summed E-state index contributed by atoms with van der Waals surface area (Å²) in [5, 5.41) is 0. The quantitative estimate of drug-likeness (QED) is 0.706. The summed E-state index contributed by atoms with van der Waals surface area (Å²) in [6.07, 6.45) is 3.61. The molecular weight excluding hydrogens is 250 g/mol. The summed E-state index contributed by atoms with van der Waals surface area (Å²) >= 11 is 0. The summed E-state index contributed by atoms with van der Waals surface area (Å²) in [6, 6.07) is 0. The highest BCUT2D eigenvalue weighted by Gasteiger charge is 2.24. The van der Waals surface area contributed by atoms with E-state index < -0.39 is 0 Å². The molecule has 4 nitrogen and oxygen atoms in total. The molecule has 1 unspecified atom stereocenters. The highest BCUT2D eigenvalue weighted by molar-refractivity contribution is 5.75. The van der Waals surface area contributed by atoms with Crippen LogP contribution >= 0.6 is 0 Å². The summed E-state index contributed by atoms with van der Waals surface area (Å²) in [6.45, 7) is 9.27. The largest absolute Gasteiger partial charge is 0.346 e. The highest BCUT2D eigenvalue weighted by Crippen LogP contribution is 2.32. The molecule has 0 aliphatic heterocycles. The van der Waals surface area contributed by atoms with Gasteiger partial charge in [0.1, 0.15) is 0 Å². The van der Waals surface area contributed by atoms with Crippen LogP contribution in [-0.4, -0.2) is 56.5 Å². The molecule has 0 aliphatic carbocycles. The number of nitrogens with two attached hydrogens (primary N) is 1. The van der Waals surface area contributed by atoms with Gasteiger partial charge in [0.15, 0.2) is 0 Å². The Morgan fingerprint density at radius 2 is 1.70 bits per heavy atom. The minimum atomic E-state index is 0.225. The first-order chi connectivity index (χ1) is 9.18. The smallest absolute Gasteiger partial charge is 0.222 e. The van der Waals surface area contributed by atoms with E-state index in [0.29, 0.717) is 18.9 Å². The number of amides is 1. The fraction of sp³-hybridized carbons (Fsp3) is 0.938. The lowest BCUT2D eigenvalue weighted by Crippen LogP contribution is -2.31. The van der Waals surface area contributed by atoms with E-state index in [1.54, 1.807) is 0 Å². The molecule has 0 saturated carbocycles. The standard InChI is InChI=1S/C16H35N3O/c1-16(2,3)14(10-11-17)8-9-15(20)19(6)13-7-12-18(4)5/h14H,7-13,17H2,1-6H3. The number of nitrogens with zero attached hydrogens (tertiary/aromatic N) is 2. The van der Waals surface area contributed by atoms with Gasteiger partial charge in [0.05, 0.1) is 0 Å². The second kappa shape index (κ2) is 9.35. The van der Waals surface area contributed by atoms with E-state index in [2.05, 4.69) is 39.8 Å². The lowest BCUT2D eigenvalue weighted by molar-refractivity contribution is -0.130. The Hall–Kier alpha value is -0.610. The maximum Gasteiger partial charge on any atom is 0.222 e. The Labute approximate surface area is 125 Å². The predicted octanol–water partition coefficient (Wildman–Crippen LogP) is 2.19. The van der Waals surface area contributed by atoms with Gasteiger partial charge in [0.25, 0.3) is 0 Å². The minimum absolute atomic E-state index is 0.225. The molecule has 0 radical (unpaired) electrons. The van der Waals surface area contributed by atoms with E-state index >= 15 is 0 Å². The molecule has 0 rings (SSSR count). The van der Waals surface area contributed by atoms with Gasteiger partial charge in [0, 0.05) is 20.0 Å². The number of carbonyl (C=O) groups excluding carboxylic acids is 1. The van der Waals surface area contributed by atoms with Gasteiger partial charge in [-0.2, -0.15) is 0 Å². The molecule has 0 aliphatic rings. The Morgan fingerprint density at radius 1 is 1.10 bits per heavy atom. The molecule has 0 heterocycles. The van der Waals surface area contributed by atoms with Crippen molar-refractivity contribution in [2.75, 3.05) is 40.8 Å². The first-order valence-electron chi connectivity index (χ1n) is 7.77. The van der Waals surface area contributed by atoms with Crippen LogP contribution < -0.4 is 5.73 Å². The van der Waals surface area contributed by atoms with Gasteiger partial charge in [-0.15, -0.1) is 0 Å². The van der Waals surface area contributed by atoms with E-state index in [4.69, 9.17) is 5.73 Å². The van der Waals surface area contributed by atoms with Crippen molar-refractivity contribution in [3.05, 3.63) is 0 Å². The van der Waals surface area contributed by atoms with E-state index in [1.807, 2.05) is 11.9 Å². The van der Waals surface area contributed by atoms with Gasteiger partial charge in [-0.05, 0) is 57.8 Å². The fourth-order valence-electron chi connectivity index (χ4n) is 2.45. The van der Waals surface area contributed by atoms with Gasteiger partial charge in [-0.1, -0.05) is 20.8 Å². The van der Waals surface area contributed by atoms with Crippen LogP contribution in [0.15, 0.2) is 0 Å². The molecule has 120 valence electrons. The summed E-state index contributed by atoms with van der Waals surface area (Å²) in [5.41, 5.74) is 5.91. The highest BCUT2D eigenvalue weighted by atomic mass is 16.2. The number of hydrogen-bond donors (Lipinski definition) is 1. The lowest BCUT2D eigenvalue weighted by Gasteiger charge is -2.31. The van der Waals surface area contributed by atoms with Crippen LogP contribution in [0, 0.1) is 11.3 Å². The van der Waals surface area contributed by atoms with Crippen molar-refractivity contribution in [3.63, 3.8) is 0 Å². The van der Waals surface area contributed by atoms with E-state index in [-0.39, 0.29) is 11.3 Å². The summed E-state index contributed by atoms with van der Waals surface area (Å²) in [7, 11) is 6.03. The van der Waals surface area contributed by atoms with Crippen molar-refractivity contribution in [2.24, 2.45) is 17.1 Å². The zero-order chi connectivity index (χ0) is 15.8.